The summed E-state index contributed by atoms with van der Waals surface area (Å²) in [4.78, 5) is 22.2. The van der Waals surface area contributed by atoms with Gasteiger partial charge in [-0.15, -0.1) is 0 Å². The molecule has 0 amide bonds. The maximum absolute atomic E-state index is 13.2. The number of fused-ring (bicyclic) bond motifs is 1. The van der Waals surface area contributed by atoms with Crippen LogP contribution in [0.4, 0.5) is 5.69 Å². The van der Waals surface area contributed by atoms with Crippen molar-refractivity contribution in [3.05, 3.63) is 107 Å². The number of carbonyl (C=O) groups is 1. The Morgan fingerprint density at radius 2 is 1.58 bits per heavy atom. The summed E-state index contributed by atoms with van der Waals surface area (Å²) in [5.41, 5.74) is 7.84. The molecule has 0 N–H and O–H groups in total. The standard InChI is InChI=1S/C30H29N3O2S/c1-5-35-29(34)27-20(2)31-30-33(28(27)24-15-17-25(18-16-24)32(3)4)26(19-36-30)23-13-11-22(12-14-23)21-9-7-6-8-10-21/h6-19,28H,5H2,1-4H3/t28-/m1/s1. The number of thioether (sulfide) groups is 1. The molecule has 6 heteroatoms. The summed E-state index contributed by atoms with van der Waals surface area (Å²) in [6, 6.07) is 26.9. The van der Waals surface area contributed by atoms with E-state index in [1.807, 2.05) is 46.1 Å². The van der Waals surface area contributed by atoms with Crippen LogP contribution in [0.3, 0.4) is 0 Å². The van der Waals surface area contributed by atoms with Gasteiger partial charge >= 0.3 is 5.97 Å². The highest BCUT2D eigenvalue weighted by molar-refractivity contribution is 8.16. The first kappa shape index (κ1) is 23.9. The normalized spacial score (nSPS) is 16.9. The Hall–Kier alpha value is -3.77. The SMILES string of the molecule is CCOC(=O)C1=C(C)N=C2SC=C(c3ccc(-c4ccccc4)cc3)N2[C@@H]1c1ccc(N(C)C)cc1. The molecular formula is C30H29N3O2S. The van der Waals surface area contributed by atoms with Crippen molar-refractivity contribution in [1.29, 1.82) is 0 Å². The quantitative estimate of drug-likeness (QED) is 0.356. The molecular weight excluding hydrogens is 466 g/mol. The van der Waals surface area contributed by atoms with Gasteiger partial charge in [0.05, 0.1) is 29.6 Å². The zero-order valence-corrected chi connectivity index (χ0v) is 21.8. The lowest BCUT2D eigenvalue weighted by Crippen LogP contribution is -2.36. The Morgan fingerprint density at radius 3 is 2.22 bits per heavy atom. The first-order valence-corrected chi connectivity index (χ1v) is 12.9. The second kappa shape index (κ2) is 10.1. The lowest BCUT2D eigenvalue weighted by molar-refractivity contribution is -0.139. The summed E-state index contributed by atoms with van der Waals surface area (Å²) in [5, 5.41) is 2.99. The number of hydrogen-bond acceptors (Lipinski definition) is 6. The summed E-state index contributed by atoms with van der Waals surface area (Å²) < 4.78 is 5.49. The molecule has 2 aliphatic heterocycles. The summed E-state index contributed by atoms with van der Waals surface area (Å²) in [6.07, 6.45) is 0. The molecule has 0 unspecified atom stereocenters. The van der Waals surface area contributed by atoms with E-state index < -0.39 is 0 Å². The molecule has 5 nitrogen and oxygen atoms in total. The zero-order valence-electron chi connectivity index (χ0n) is 20.9. The van der Waals surface area contributed by atoms with E-state index in [0.717, 1.165) is 33.2 Å². The Labute approximate surface area is 216 Å². The number of hydrogen-bond donors (Lipinski definition) is 0. The highest BCUT2D eigenvalue weighted by Crippen LogP contribution is 2.47. The van der Waals surface area contributed by atoms with E-state index in [1.165, 1.54) is 5.56 Å². The van der Waals surface area contributed by atoms with E-state index in [-0.39, 0.29) is 12.0 Å². The van der Waals surface area contributed by atoms with Gasteiger partial charge in [0.15, 0.2) is 5.17 Å². The number of ether oxygens (including phenoxy) is 1. The van der Waals surface area contributed by atoms with Crippen LogP contribution in [0, 0.1) is 0 Å². The van der Waals surface area contributed by atoms with Gasteiger partial charge in [0, 0.05) is 25.2 Å². The van der Waals surface area contributed by atoms with E-state index in [0.29, 0.717) is 17.9 Å². The van der Waals surface area contributed by atoms with Crippen molar-refractivity contribution in [3.8, 4) is 11.1 Å². The minimum Gasteiger partial charge on any atom is -0.463 e. The van der Waals surface area contributed by atoms with Gasteiger partial charge < -0.3 is 14.5 Å². The maximum atomic E-state index is 13.2. The predicted octanol–water partition coefficient (Wildman–Crippen LogP) is 6.71. The lowest BCUT2D eigenvalue weighted by Gasteiger charge is -2.36. The largest absolute Gasteiger partial charge is 0.463 e. The highest BCUT2D eigenvalue weighted by Gasteiger charge is 2.41. The molecule has 0 fully saturated rings. The number of esters is 1. The number of allylic oxidation sites excluding steroid dienone is 1. The molecule has 3 aromatic carbocycles. The monoisotopic (exact) mass is 495 g/mol. The van der Waals surface area contributed by atoms with Crippen LogP contribution in [0.5, 0.6) is 0 Å². The molecule has 0 saturated carbocycles. The van der Waals surface area contributed by atoms with Crippen molar-refractivity contribution in [2.45, 2.75) is 19.9 Å². The van der Waals surface area contributed by atoms with Gasteiger partial charge in [-0.1, -0.05) is 78.5 Å². The smallest absolute Gasteiger partial charge is 0.338 e. The average molecular weight is 496 g/mol. The fraction of sp³-hybridized carbons (Fsp3) is 0.200. The van der Waals surface area contributed by atoms with Crippen LogP contribution in [-0.2, 0) is 9.53 Å². The van der Waals surface area contributed by atoms with Crippen molar-refractivity contribution in [2.75, 3.05) is 25.6 Å². The molecule has 0 saturated heterocycles. The van der Waals surface area contributed by atoms with E-state index in [4.69, 9.17) is 9.73 Å². The van der Waals surface area contributed by atoms with Gasteiger partial charge in [-0.25, -0.2) is 9.79 Å². The van der Waals surface area contributed by atoms with Gasteiger partial charge in [0.2, 0.25) is 0 Å². The first-order chi connectivity index (χ1) is 17.5. The molecule has 5 rings (SSSR count). The number of rotatable bonds is 6. The van der Waals surface area contributed by atoms with Crippen molar-refractivity contribution in [3.63, 3.8) is 0 Å². The maximum Gasteiger partial charge on any atom is 0.338 e. The number of anilines is 1. The number of amidine groups is 1. The third-order valence-electron chi connectivity index (χ3n) is 6.43. The van der Waals surface area contributed by atoms with Crippen molar-refractivity contribution < 1.29 is 9.53 Å². The number of carbonyl (C=O) groups excluding carboxylic acids is 1. The molecule has 1 atom stereocenters. The predicted molar refractivity (Wildman–Crippen MR) is 150 cm³/mol. The van der Waals surface area contributed by atoms with E-state index in [9.17, 15) is 4.79 Å². The first-order valence-electron chi connectivity index (χ1n) is 12.0. The average Bonchev–Trinajstić information content (AvgIpc) is 3.32. The van der Waals surface area contributed by atoms with E-state index in [1.54, 1.807) is 11.8 Å². The topological polar surface area (TPSA) is 45.1 Å². The van der Waals surface area contributed by atoms with Crippen LogP contribution in [0.25, 0.3) is 16.8 Å². The summed E-state index contributed by atoms with van der Waals surface area (Å²) in [6.45, 7) is 4.04. The third-order valence-corrected chi connectivity index (χ3v) is 7.27. The van der Waals surface area contributed by atoms with Gasteiger partial charge in [0.25, 0.3) is 0 Å². The second-order valence-corrected chi connectivity index (χ2v) is 9.77. The van der Waals surface area contributed by atoms with Gasteiger partial charge in [-0.05, 0) is 48.2 Å². The van der Waals surface area contributed by atoms with Crippen LogP contribution in [-0.4, -0.2) is 36.7 Å². The van der Waals surface area contributed by atoms with Gasteiger partial charge in [0.1, 0.15) is 0 Å². The van der Waals surface area contributed by atoms with E-state index in [2.05, 4.69) is 75.9 Å². The van der Waals surface area contributed by atoms with E-state index >= 15 is 0 Å². The number of aliphatic imine (C=N–C) groups is 1. The highest BCUT2D eigenvalue weighted by atomic mass is 32.2. The van der Waals surface area contributed by atoms with Gasteiger partial charge in [-0.2, -0.15) is 0 Å². The summed E-state index contributed by atoms with van der Waals surface area (Å²) in [7, 11) is 4.04. The molecule has 36 heavy (non-hydrogen) atoms. The Bertz CT molecular complexity index is 1360. The number of nitrogens with zero attached hydrogens (tertiary/aromatic N) is 3. The van der Waals surface area contributed by atoms with Crippen molar-refractivity contribution >= 4 is 34.3 Å². The Balaban J connectivity index is 1.56. The third kappa shape index (κ3) is 4.44. The van der Waals surface area contributed by atoms with Crippen LogP contribution in [0.15, 0.2) is 101 Å². The fourth-order valence-corrected chi connectivity index (χ4v) is 5.57. The van der Waals surface area contributed by atoms with Crippen LogP contribution in [0.2, 0.25) is 0 Å². The molecule has 3 aromatic rings. The minimum absolute atomic E-state index is 0.316. The molecule has 2 heterocycles. The second-order valence-electron chi connectivity index (χ2n) is 8.94. The Kier molecular flexibility index (Phi) is 6.70. The van der Waals surface area contributed by atoms with Gasteiger partial charge in [-0.3, -0.25) is 0 Å². The molecule has 182 valence electrons. The summed E-state index contributed by atoms with van der Waals surface area (Å²) >= 11 is 1.59. The van der Waals surface area contributed by atoms with Crippen molar-refractivity contribution in [2.24, 2.45) is 4.99 Å². The minimum atomic E-state index is -0.331. The number of benzene rings is 3. The fourth-order valence-electron chi connectivity index (χ4n) is 4.60. The molecule has 2 aliphatic rings. The van der Waals surface area contributed by atoms with Crippen molar-refractivity contribution in [1.82, 2.24) is 4.90 Å². The summed E-state index contributed by atoms with van der Waals surface area (Å²) in [5.74, 6) is -0.324. The molecule has 0 aliphatic carbocycles. The molecule has 0 spiro atoms. The zero-order chi connectivity index (χ0) is 25.2. The molecule has 0 radical (unpaired) electrons. The molecule has 0 aromatic heterocycles. The lowest BCUT2D eigenvalue weighted by atomic mass is 9.93. The van der Waals surface area contributed by atoms with Crippen LogP contribution < -0.4 is 4.90 Å². The van der Waals surface area contributed by atoms with Crippen LogP contribution >= 0.6 is 11.8 Å². The van der Waals surface area contributed by atoms with Crippen LogP contribution in [0.1, 0.15) is 31.0 Å². The molecule has 0 bridgehead atoms. The Morgan fingerprint density at radius 1 is 0.944 bits per heavy atom.